The molecule has 0 spiro atoms. The van der Waals surface area contributed by atoms with Crippen LogP contribution in [0.4, 0.5) is 0 Å². The lowest BCUT2D eigenvalue weighted by molar-refractivity contribution is 0.318. The molecule has 0 aliphatic heterocycles. The Balaban J connectivity index is 2.33. The minimum Gasteiger partial charge on any atom is -0.455 e. The van der Waals surface area contributed by atoms with Crippen LogP contribution in [0.1, 0.15) is 18.2 Å². The molecule has 98 valence electrons. The Hall–Kier alpha value is -2.56. The Morgan fingerprint density at radius 2 is 2.21 bits per heavy atom. The van der Waals surface area contributed by atoms with E-state index in [0.717, 1.165) is 6.42 Å². The molecule has 1 aromatic carbocycles. The second-order valence-corrected chi connectivity index (χ2v) is 3.94. The maximum atomic E-state index is 8.73. The van der Waals surface area contributed by atoms with Crippen LogP contribution in [0.25, 0.3) is 0 Å². The fraction of sp³-hybridized carbons (Fsp3) is 0.143. The highest BCUT2D eigenvalue weighted by atomic mass is 16.5. The first-order valence-corrected chi connectivity index (χ1v) is 5.94. The number of pyridine rings is 1. The first-order valence-electron chi connectivity index (χ1n) is 5.94. The van der Waals surface area contributed by atoms with Gasteiger partial charge < -0.3 is 15.7 Å². The topological polar surface area (TPSA) is 80.7 Å². The van der Waals surface area contributed by atoms with E-state index in [4.69, 9.17) is 15.7 Å². The van der Waals surface area contributed by atoms with Crippen molar-refractivity contribution in [2.75, 3.05) is 0 Å². The Labute approximate surface area is 111 Å². The van der Waals surface area contributed by atoms with Gasteiger partial charge in [0.1, 0.15) is 5.75 Å². The second kappa shape index (κ2) is 5.86. The van der Waals surface area contributed by atoms with E-state index in [1.165, 1.54) is 5.56 Å². The zero-order chi connectivity index (χ0) is 13.7. The van der Waals surface area contributed by atoms with Gasteiger partial charge in [0.15, 0.2) is 17.3 Å². The molecule has 5 heteroatoms. The van der Waals surface area contributed by atoms with E-state index in [1.807, 2.05) is 24.3 Å². The predicted octanol–water partition coefficient (Wildman–Crippen LogP) is 2.53. The number of nitrogens with two attached hydrogens (primary N) is 1. The summed E-state index contributed by atoms with van der Waals surface area (Å²) in [7, 11) is 0. The molecule has 1 heterocycles. The minimum absolute atomic E-state index is 0.0813. The highest BCUT2D eigenvalue weighted by molar-refractivity contribution is 5.97. The summed E-state index contributed by atoms with van der Waals surface area (Å²) in [6.45, 7) is 2.07. The van der Waals surface area contributed by atoms with Crippen molar-refractivity contribution in [3.63, 3.8) is 0 Å². The van der Waals surface area contributed by atoms with Crippen LogP contribution in [-0.4, -0.2) is 16.0 Å². The summed E-state index contributed by atoms with van der Waals surface area (Å²) >= 11 is 0. The van der Waals surface area contributed by atoms with Crippen molar-refractivity contribution in [2.24, 2.45) is 10.9 Å². The highest BCUT2D eigenvalue weighted by Gasteiger charge is 2.10. The molecule has 19 heavy (non-hydrogen) atoms. The summed E-state index contributed by atoms with van der Waals surface area (Å²) in [6.07, 6.45) is 2.49. The molecular weight excluding hydrogens is 242 g/mol. The van der Waals surface area contributed by atoms with Crippen molar-refractivity contribution in [2.45, 2.75) is 13.3 Å². The summed E-state index contributed by atoms with van der Waals surface area (Å²) in [5.41, 5.74) is 7.05. The second-order valence-electron chi connectivity index (χ2n) is 3.94. The number of aryl methyl sites for hydroxylation is 1. The zero-order valence-electron chi connectivity index (χ0n) is 10.6. The number of aromatic nitrogens is 1. The van der Waals surface area contributed by atoms with E-state index >= 15 is 0 Å². The van der Waals surface area contributed by atoms with Crippen LogP contribution in [0.15, 0.2) is 47.8 Å². The van der Waals surface area contributed by atoms with Crippen LogP contribution in [0.3, 0.4) is 0 Å². The molecule has 0 atom stereocenters. The summed E-state index contributed by atoms with van der Waals surface area (Å²) in [5, 5.41) is 11.7. The Bertz CT molecular complexity index is 597. The molecule has 2 aromatic rings. The number of rotatable bonds is 4. The smallest absolute Gasteiger partial charge is 0.192 e. The summed E-state index contributed by atoms with van der Waals surface area (Å²) in [5.74, 6) is 1.06. The molecular formula is C14H15N3O2. The van der Waals surface area contributed by atoms with Crippen molar-refractivity contribution in [3.8, 4) is 11.5 Å². The van der Waals surface area contributed by atoms with Gasteiger partial charge in [0.05, 0.1) is 0 Å². The molecule has 0 fully saturated rings. The SMILES string of the molecule is CCc1cccc(Oc2cccnc2/C(N)=N/O)c1. The molecule has 5 nitrogen and oxygen atoms in total. The number of benzene rings is 1. The summed E-state index contributed by atoms with van der Waals surface area (Å²) in [6, 6.07) is 11.2. The van der Waals surface area contributed by atoms with Gasteiger partial charge in [-0.05, 0) is 36.2 Å². The Morgan fingerprint density at radius 3 is 2.95 bits per heavy atom. The lowest BCUT2D eigenvalue weighted by Crippen LogP contribution is -2.15. The van der Waals surface area contributed by atoms with E-state index in [2.05, 4.69) is 17.1 Å². The molecule has 0 bridgehead atoms. The maximum Gasteiger partial charge on any atom is 0.192 e. The van der Waals surface area contributed by atoms with Crippen LogP contribution in [-0.2, 0) is 6.42 Å². The summed E-state index contributed by atoms with van der Waals surface area (Å²) in [4.78, 5) is 4.05. The fourth-order valence-corrected chi connectivity index (χ4v) is 1.67. The molecule has 0 radical (unpaired) electrons. The van der Waals surface area contributed by atoms with Crippen molar-refractivity contribution in [1.29, 1.82) is 0 Å². The number of amidine groups is 1. The van der Waals surface area contributed by atoms with Gasteiger partial charge in [-0.25, -0.2) is 4.98 Å². The molecule has 1 aromatic heterocycles. The lowest BCUT2D eigenvalue weighted by Gasteiger charge is -2.09. The van der Waals surface area contributed by atoms with Gasteiger partial charge in [0.2, 0.25) is 0 Å². The number of nitrogens with zero attached hydrogens (tertiary/aromatic N) is 2. The van der Waals surface area contributed by atoms with Gasteiger partial charge in [-0.3, -0.25) is 0 Å². The fourth-order valence-electron chi connectivity index (χ4n) is 1.67. The van der Waals surface area contributed by atoms with Crippen molar-refractivity contribution < 1.29 is 9.94 Å². The number of hydrogen-bond acceptors (Lipinski definition) is 4. The molecule has 0 unspecified atom stereocenters. The van der Waals surface area contributed by atoms with Crippen molar-refractivity contribution in [1.82, 2.24) is 4.98 Å². The molecule has 2 rings (SSSR count). The predicted molar refractivity (Wildman–Crippen MR) is 72.6 cm³/mol. The van der Waals surface area contributed by atoms with E-state index in [0.29, 0.717) is 17.2 Å². The van der Waals surface area contributed by atoms with E-state index in [9.17, 15) is 0 Å². The number of oxime groups is 1. The molecule has 0 saturated heterocycles. The van der Waals surface area contributed by atoms with Gasteiger partial charge in [-0.2, -0.15) is 0 Å². The minimum atomic E-state index is -0.0813. The molecule has 0 saturated carbocycles. The maximum absolute atomic E-state index is 8.73. The van der Waals surface area contributed by atoms with Crippen LogP contribution in [0.2, 0.25) is 0 Å². The summed E-state index contributed by atoms with van der Waals surface area (Å²) < 4.78 is 5.74. The first-order chi connectivity index (χ1) is 9.24. The quantitative estimate of drug-likeness (QED) is 0.381. The average molecular weight is 257 g/mol. The molecule has 0 aliphatic rings. The van der Waals surface area contributed by atoms with Gasteiger partial charge in [-0.15, -0.1) is 0 Å². The first kappa shape index (κ1) is 12.9. The third kappa shape index (κ3) is 3.01. The van der Waals surface area contributed by atoms with E-state index < -0.39 is 0 Å². The van der Waals surface area contributed by atoms with Crippen LogP contribution < -0.4 is 10.5 Å². The standard InChI is InChI=1S/C14H15N3O2/c1-2-10-5-3-6-11(9-10)19-12-7-4-8-16-13(12)14(15)17-18/h3-9,18H,2H2,1H3,(H2,15,17). The zero-order valence-corrected chi connectivity index (χ0v) is 10.6. The number of hydrogen-bond donors (Lipinski definition) is 2. The van der Waals surface area contributed by atoms with Crippen LogP contribution in [0.5, 0.6) is 11.5 Å². The van der Waals surface area contributed by atoms with Gasteiger partial charge in [-0.1, -0.05) is 24.2 Å². The highest BCUT2D eigenvalue weighted by Crippen LogP contribution is 2.24. The molecule has 0 amide bonds. The molecule has 3 N–H and O–H groups in total. The molecule has 0 aliphatic carbocycles. The van der Waals surface area contributed by atoms with Crippen LogP contribution in [0, 0.1) is 0 Å². The van der Waals surface area contributed by atoms with Crippen molar-refractivity contribution in [3.05, 3.63) is 53.9 Å². The van der Waals surface area contributed by atoms with E-state index in [-0.39, 0.29) is 5.84 Å². The normalized spacial score (nSPS) is 11.3. The van der Waals surface area contributed by atoms with Gasteiger partial charge in [0, 0.05) is 6.20 Å². The van der Waals surface area contributed by atoms with Gasteiger partial charge >= 0.3 is 0 Å². The van der Waals surface area contributed by atoms with Gasteiger partial charge in [0.25, 0.3) is 0 Å². The Kier molecular flexibility index (Phi) is 3.97. The number of ether oxygens (including phenoxy) is 1. The van der Waals surface area contributed by atoms with Crippen molar-refractivity contribution >= 4 is 5.84 Å². The van der Waals surface area contributed by atoms with Crippen LogP contribution >= 0.6 is 0 Å². The Morgan fingerprint density at radius 1 is 1.37 bits per heavy atom. The van der Waals surface area contributed by atoms with E-state index in [1.54, 1.807) is 18.3 Å². The third-order valence-electron chi connectivity index (χ3n) is 2.66. The monoisotopic (exact) mass is 257 g/mol. The largest absolute Gasteiger partial charge is 0.455 e. The lowest BCUT2D eigenvalue weighted by atomic mass is 10.2. The average Bonchev–Trinajstić information content (AvgIpc) is 2.47. The third-order valence-corrected chi connectivity index (χ3v) is 2.66.